The van der Waals surface area contributed by atoms with Gasteiger partial charge in [-0.25, -0.2) is 0 Å². The average molecular weight is 384 g/mol. The van der Waals surface area contributed by atoms with E-state index in [-0.39, 0.29) is 22.9 Å². The second-order valence-electron chi connectivity index (χ2n) is 10.2. The SMILES string of the molecule is CC(=O)O[C@H]1CC[C@@]2(C)C(=CC[C@@H]3[C@@H]2CC[C@]2(C)C(C(C)(O)C#N)=CC[C@@H]32)C1. The number of hydrogen-bond acceptors (Lipinski definition) is 4. The van der Waals surface area contributed by atoms with E-state index in [0.717, 1.165) is 50.5 Å². The fraction of sp³-hybridized carbons (Fsp3) is 0.750. The summed E-state index contributed by atoms with van der Waals surface area (Å²) in [6.45, 7) is 7.85. The van der Waals surface area contributed by atoms with Crippen LogP contribution in [0.5, 0.6) is 0 Å². The van der Waals surface area contributed by atoms with Crippen molar-refractivity contribution >= 4 is 5.97 Å². The van der Waals surface area contributed by atoms with E-state index in [4.69, 9.17) is 4.74 Å². The molecule has 28 heavy (non-hydrogen) atoms. The van der Waals surface area contributed by atoms with Gasteiger partial charge in [0, 0.05) is 13.3 Å². The van der Waals surface area contributed by atoms with Crippen molar-refractivity contribution < 1.29 is 14.6 Å². The molecule has 4 aliphatic rings. The van der Waals surface area contributed by atoms with Gasteiger partial charge in [-0.2, -0.15) is 5.26 Å². The van der Waals surface area contributed by atoms with Crippen molar-refractivity contribution in [3.8, 4) is 6.07 Å². The third-order valence-electron chi connectivity index (χ3n) is 8.71. The first-order valence-corrected chi connectivity index (χ1v) is 10.8. The van der Waals surface area contributed by atoms with Crippen LogP contribution >= 0.6 is 0 Å². The van der Waals surface area contributed by atoms with Crippen molar-refractivity contribution in [2.24, 2.45) is 28.6 Å². The van der Waals surface area contributed by atoms with E-state index < -0.39 is 5.60 Å². The second kappa shape index (κ2) is 6.46. The highest BCUT2D eigenvalue weighted by Gasteiger charge is 2.58. The number of nitriles is 1. The van der Waals surface area contributed by atoms with Gasteiger partial charge in [0.25, 0.3) is 0 Å². The summed E-state index contributed by atoms with van der Waals surface area (Å²) in [6, 6.07) is 2.12. The van der Waals surface area contributed by atoms with E-state index in [1.54, 1.807) is 6.92 Å². The van der Waals surface area contributed by atoms with Crippen LogP contribution in [0.1, 0.15) is 72.6 Å². The summed E-state index contributed by atoms with van der Waals surface area (Å²) in [5.74, 6) is 1.57. The zero-order chi connectivity index (χ0) is 20.3. The summed E-state index contributed by atoms with van der Waals surface area (Å²) in [4.78, 5) is 11.4. The number of ether oxygens (including phenoxy) is 1. The largest absolute Gasteiger partial charge is 0.462 e. The number of fused-ring (bicyclic) bond motifs is 5. The fourth-order valence-electron chi connectivity index (χ4n) is 7.35. The lowest BCUT2D eigenvalue weighted by Crippen LogP contribution is -2.51. The Balaban J connectivity index is 1.60. The first-order valence-electron chi connectivity index (χ1n) is 10.8. The van der Waals surface area contributed by atoms with Crippen LogP contribution in [0.15, 0.2) is 23.3 Å². The lowest BCUT2D eigenvalue weighted by atomic mass is 9.47. The van der Waals surface area contributed by atoms with Gasteiger partial charge in [0.15, 0.2) is 5.60 Å². The summed E-state index contributed by atoms with van der Waals surface area (Å²) >= 11 is 0. The molecule has 0 spiro atoms. The smallest absolute Gasteiger partial charge is 0.302 e. The number of rotatable bonds is 2. The molecule has 0 bridgehead atoms. The Hall–Kier alpha value is -1.60. The maximum absolute atomic E-state index is 11.4. The molecule has 0 aliphatic heterocycles. The zero-order valence-corrected chi connectivity index (χ0v) is 17.6. The average Bonchev–Trinajstić information content (AvgIpc) is 2.99. The van der Waals surface area contributed by atoms with Crippen molar-refractivity contribution in [3.63, 3.8) is 0 Å². The van der Waals surface area contributed by atoms with Crippen LogP contribution in [0.3, 0.4) is 0 Å². The van der Waals surface area contributed by atoms with Gasteiger partial charge < -0.3 is 9.84 Å². The summed E-state index contributed by atoms with van der Waals surface area (Å²) in [5.41, 5.74) is 1.20. The van der Waals surface area contributed by atoms with Gasteiger partial charge in [-0.3, -0.25) is 4.79 Å². The van der Waals surface area contributed by atoms with E-state index in [1.807, 2.05) is 0 Å². The highest BCUT2D eigenvalue weighted by atomic mass is 16.5. The fourth-order valence-corrected chi connectivity index (χ4v) is 7.35. The van der Waals surface area contributed by atoms with E-state index in [0.29, 0.717) is 17.8 Å². The van der Waals surface area contributed by atoms with E-state index >= 15 is 0 Å². The zero-order valence-electron chi connectivity index (χ0n) is 17.6. The minimum Gasteiger partial charge on any atom is -0.462 e. The van der Waals surface area contributed by atoms with Crippen LogP contribution in [-0.2, 0) is 9.53 Å². The molecule has 4 nitrogen and oxygen atoms in total. The molecular weight excluding hydrogens is 350 g/mol. The maximum atomic E-state index is 11.4. The van der Waals surface area contributed by atoms with Gasteiger partial charge in [-0.05, 0) is 79.6 Å². The summed E-state index contributed by atoms with van der Waals surface area (Å²) in [5, 5.41) is 20.2. The van der Waals surface area contributed by atoms with Crippen LogP contribution in [-0.4, -0.2) is 22.8 Å². The molecule has 0 radical (unpaired) electrons. The molecule has 4 heteroatoms. The van der Waals surface area contributed by atoms with Crippen LogP contribution in [0, 0.1) is 39.9 Å². The van der Waals surface area contributed by atoms with Crippen molar-refractivity contribution in [1.29, 1.82) is 5.26 Å². The summed E-state index contributed by atoms with van der Waals surface area (Å²) < 4.78 is 5.52. The number of esters is 1. The van der Waals surface area contributed by atoms with Crippen LogP contribution in [0.25, 0.3) is 0 Å². The molecule has 1 unspecified atom stereocenters. The molecule has 0 aromatic carbocycles. The first-order chi connectivity index (χ1) is 13.1. The van der Waals surface area contributed by atoms with Crippen LogP contribution in [0.2, 0.25) is 0 Å². The van der Waals surface area contributed by atoms with Crippen LogP contribution < -0.4 is 0 Å². The molecule has 0 aromatic rings. The Morgan fingerprint density at radius 3 is 2.61 bits per heavy atom. The third-order valence-corrected chi connectivity index (χ3v) is 8.71. The van der Waals surface area contributed by atoms with Gasteiger partial charge >= 0.3 is 5.97 Å². The van der Waals surface area contributed by atoms with Gasteiger partial charge in [-0.1, -0.05) is 31.6 Å². The minimum atomic E-state index is -1.36. The molecule has 4 aliphatic carbocycles. The predicted octanol–water partition coefficient (Wildman–Crippen LogP) is 4.69. The quantitative estimate of drug-likeness (QED) is 0.426. The number of carbonyl (C=O) groups is 1. The Labute approximate surface area is 168 Å². The molecule has 4 rings (SSSR count). The van der Waals surface area contributed by atoms with Crippen molar-refractivity contribution in [2.75, 3.05) is 0 Å². The molecule has 0 aromatic heterocycles. The first kappa shape index (κ1) is 19.7. The van der Waals surface area contributed by atoms with Crippen molar-refractivity contribution in [2.45, 2.75) is 84.3 Å². The maximum Gasteiger partial charge on any atom is 0.302 e. The van der Waals surface area contributed by atoms with E-state index in [9.17, 15) is 15.2 Å². The lowest BCUT2D eigenvalue weighted by Gasteiger charge is -2.58. The molecule has 0 heterocycles. The van der Waals surface area contributed by atoms with Gasteiger partial charge in [0.1, 0.15) is 12.2 Å². The van der Waals surface area contributed by atoms with Gasteiger partial charge in [-0.15, -0.1) is 0 Å². The topological polar surface area (TPSA) is 70.3 Å². The van der Waals surface area contributed by atoms with Crippen molar-refractivity contribution in [3.05, 3.63) is 23.3 Å². The highest BCUT2D eigenvalue weighted by molar-refractivity contribution is 5.66. The lowest BCUT2D eigenvalue weighted by molar-refractivity contribution is -0.148. The molecule has 2 saturated carbocycles. The molecule has 0 amide bonds. The summed E-state index contributed by atoms with van der Waals surface area (Å²) in [6.07, 6.45) is 11.8. The Bertz CT molecular complexity index is 788. The number of aliphatic hydroxyl groups is 1. The molecule has 152 valence electrons. The highest BCUT2D eigenvalue weighted by Crippen LogP contribution is 2.66. The Morgan fingerprint density at radius 2 is 1.93 bits per heavy atom. The number of nitrogens with zero attached hydrogens (tertiary/aromatic N) is 1. The normalized spacial score (nSPS) is 44.0. The molecule has 2 fully saturated rings. The number of hydrogen-bond donors (Lipinski definition) is 1. The third kappa shape index (κ3) is 2.77. The standard InChI is InChI=1S/C24H33NO3/c1-15(26)28-17-9-11-22(2)16(13-17)5-6-18-19-7-8-21(24(4,27)14-25)23(19,3)12-10-20(18)22/h5,8,17-20,27H,6-7,9-13H2,1-4H3/t17-,18-,19-,20-,22-,23-,24?/m0/s1. The minimum absolute atomic E-state index is 0.0349. The van der Waals surface area contributed by atoms with Gasteiger partial charge in [0.2, 0.25) is 0 Å². The predicted molar refractivity (Wildman–Crippen MR) is 107 cm³/mol. The Kier molecular flexibility index (Phi) is 4.54. The monoisotopic (exact) mass is 383 g/mol. The Morgan fingerprint density at radius 1 is 1.21 bits per heavy atom. The number of allylic oxidation sites excluding steroid dienone is 2. The van der Waals surface area contributed by atoms with E-state index in [1.165, 1.54) is 12.5 Å². The molecule has 7 atom stereocenters. The van der Waals surface area contributed by atoms with Crippen molar-refractivity contribution in [1.82, 2.24) is 0 Å². The van der Waals surface area contributed by atoms with Crippen LogP contribution in [0.4, 0.5) is 0 Å². The molecular formula is C24H33NO3. The molecule has 1 N–H and O–H groups in total. The number of carbonyl (C=O) groups excluding carboxylic acids is 1. The van der Waals surface area contributed by atoms with Gasteiger partial charge in [0.05, 0.1) is 0 Å². The second-order valence-corrected chi connectivity index (χ2v) is 10.2. The van der Waals surface area contributed by atoms with E-state index in [2.05, 4.69) is 32.1 Å². The summed E-state index contributed by atoms with van der Waals surface area (Å²) in [7, 11) is 0. The molecule has 0 saturated heterocycles.